The van der Waals surface area contributed by atoms with E-state index < -0.39 is 6.10 Å². The Hall–Kier alpha value is -1.55. The molecule has 0 heterocycles. The van der Waals surface area contributed by atoms with E-state index in [-0.39, 0.29) is 12.3 Å². The fourth-order valence-electron chi connectivity index (χ4n) is 1.47. The molecule has 1 aromatic rings. The number of aliphatic hydroxyl groups is 1. The largest absolute Gasteiger partial charge is 0.494 e. The van der Waals surface area contributed by atoms with E-state index in [1.165, 1.54) is 4.90 Å². The van der Waals surface area contributed by atoms with Gasteiger partial charge in [-0.2, -0.15) is 0 Å². The van der Waals surface area contributed by atoms with Crippen molar-refractivity contribution in [1.82, 2.24) is 0 Å². The number of amides is 1. The van der Waals surface area contributed by atoms with Crippen molar-refractivity contribution in [2.45, 2.75) is 26.4 Å². The van der Waals surface area contributed by atoms with Crippen LogP contribution in [0.1, 0.15) is 20.3 Å². The van der Waals surface area contributed by atoms with Crippen LogP contribution in [-0.4, -0.2) is 30.8 Å². The number of carbonyl (C=O) groups is 1. The maximum Gasteiger partial charge on any atom is 0.229 e. The highest BCUT2D eigenvalue weighted by molar-refractivity contribution is 5.93. The van der Waals surface area contributed by atoms with Gasteiger partial charge < -0.3 is 14.7 Å². The van der Waals surface area contributed by atoms with Crippen molar-refractivity contribution < 1.29 is 14.6 Å². The maximum absolute atomic E-state index is 11.7. The second-order valence-electron chi connectivity index (χ2n) is 3.93. The third-order valence-corrected chi connectivity index (χ3v) is 2.38. The predicted octanol–water partition coefficient (Wildman–Crippen LogP) is 1.82. The summed E-state index contributed by atoms with van der Waals surface area (Å²) < 4.78 is 5.32. The van der Waals surface area contributed by atoms with Gasteiger partial charge in [-0.3, -0.25) is 4.79 Å². The summed E-state index contributed by atoms with van der Waals surface area (Å²) in [5.74, 6) is 0.678. The molecule has 1 unspecified atom stereocenters. The topological polar surface area (TPSA) is 49.8 Å². The lowest BCUT2D eigenvalue weighted by Crippen LogP contribution is -2.28. The molecule has 1 N–H and O–H groups in total. The van der Waals surface area contributed by atoms with Gasteiger partial charge in [0.05, 0.1) is 19.1 Å². The summed E-state index contributed by atoms with van der Waals surface area (Å²) in [6, 6.07) is 7.30. The SMILES string of the molecule is CCOc1ccc(N(C)C(=O)CC(C)O)cc1. The number of hydrogen-bond acceptors (Lipinski definition) is 3. The zero-order chi connectivity index (χ0) is 12.8. The Morgan fingerprint density at radius 3 is 2.47 bits per heavy atom. The van der Waals surface area contributed by atoms with E-state index in [1.807, 2.05) is 31.2 Å². The third-order valence-electron chi connectivity index (χ3n) is 2.38. The Balaban J connectivity index is 2.68. The van der Waals surface area contributed by atoms with E-state index in [2.05, 4.69) is 0 Å². The van der Waals surface area contributed by atoms with E-state index in [0.717, 1.165) is 11.4 Å². The summed E-state index contributed by atoms with van der Waals surface area (Å²) in [5.41, 5.74) is 0.791. The van der Waals surface area contributed by atoms with Gasteiger partial charge in [0.25, 0.3) is 0 Å². The number of anilines is 1. The highest BCUT2D eigenvalue weighted by Crippen LogP contribution is 2.19. The fraction of sp³-hybridized carbons (Fsp3) is 0.462. The summed E-state index contributed by atoms with van der Waals surface area (Å²) in [7, 11) is 1.69. The van der Waals surface area contributed by atoms with Crippen molar-refractivity contribution in [3.63, 3.8) is 0 Å². The van der Waals surface area contributed by atoms with E-state index in [4.69, 9.17) is 9.84 Å². The Kier molecular flexibility index (Phi) is 4.97. The molecule has 1 atom stereocenters. The molecule has 0 aromatic heterocycles. The van der Waals surface area contributed by atoms with Crippen LogP contribution in [0.2, 0.25) is 0 Å². The Bertz CT molecular complexity index is 359. The Morgan fingerprint density at radius 2 is 2.00 bits per heavy atom. The summed E-state index contributed by atoms with van der Waals surface area (Å²) >= 11 is 0. The van der Waals surface area contributed by atoms with Crippen molar-refractivity contribution in [3.8, 4) is 5.75 Å². The molecule has 1 amide bonds. The molecule has 0 spiro atoms. The summed E-state index contributed by atoms with van der Waals surface area (Å²) in [5, 5.41) is 9.17. The highest BCUT2D eigenvalue weighted by atomic mass is 16.5. The Morgan fingerprint density at radius 1 is 1.41 bits per heavy atom. The molecule has 94 valence electrons. The standard InChI is InChI=1S/C13H19NO3/c1-4-17-12-7-5-11(6-8-12)14(3)13(16)9-10(2)15/h5-8,10,15H,4,9H2,1-3H3. The van der Waals surface area contributed by atoms with Crippen LogP contribution in [0, 0.1) is 0 Å². The van der Waals surface area contributed by atoms with E-state index in [9.17, 15) is 4.79 Å². The normalized spacial score (nSPS) is 12.0. The van der Waals surface area contributed by atoms with Crippen molar-refractivity contribution in [2.24, 2.45) is 0 Å². The number of aliphatic hydroxyl groups excluding tert-OH is 1. The van der Waals surface area contributed by atoms with Gasteiger partial charge in [-0.1, -0.05) is 0 Å². The lowest BCUT2D eigenvalue weighted by Gasteiger charge is -2.18. The fourth-order valence-corrected chi connectivity index (χ4v) is 1.47. The minimum absolute atomic E-state index is 0.107. The number of benzene rings is 1. The smallest absolute Gasteiger partial charge is 0.229 e. The van der Waals surface area contributed by atoms with Crippen LogP contribution in [0.4, 0.5) is 5.69 Å². The zero-order valence-corrected chi connectivity index (χ0v) is 10.5. The van der Waals surface area contributed by atoms with E-state index in [0.29, 0.717) is 6.61 Å². The molecule has 0 aliphatic carbocycles. The summed E-state index contributed by atoms with van der Waals surface area (Å²) in [6.07, 6.45) is -0.489. The average molecular weight is 237 g/mol. The quantitative estimate of drug-likeness (QED) is 0.849. The maximum atomic E-state index is 11.7. The Labute approximate surface area is 102 Å². The lowest BCUT2D eigenvalue weighted by molar-refractivity contribution is -0.119. The molecule has 17 heavy (non-hydrogen) atoms. The number of hydrogen-bond donors (Lipinski definition) is 1. The summed E-state index contributed by atoms with van der Waals surface area (Å²) in [4.78, 5) is 13.2. The molecule has 0 bridgehead atoms. The van der Waals surface area contributed by atoms with Gasteiger partial charge in [-0.25, -0.2) is 0 Å². The van der Waals surface area contributed by atoms with Gasteiger partial charge in [-0.05, 0) is 38.1 Å². The van der Waals surface area contributed by atoms with Gasteiger partial charge in [-0.15, -0.1) is 0 Å². The predicted molar refractivity (Wildman–Crippen MR) is 67.3 cm³/mol. The molecule has 1 rings (SSSR count). The molecule has 0 saturated carbocycles. The molecule has 4 nitrogen and oxygen atoms in total. The van der Waals surface area contributed by atoms with Gasteiger partial charge >= 0.3 is 0 Å². The molecule has 0 aliphatic rings. The van der Waals surface area contributed by atoms with Crippen molar-refractivity contribution in [3.05, 3.63) is 24.3 Å². The first kappa shape index (κ1) is 13.5. The van der Waals surface area contributed by atoms with Gasteiger partial charge in [0, 0.05) is 12.7 Å². The zero-order valence-electron chi connectivity index (χ0n) is 10.5. The molecule has 0 aliphatic heterocycles. The molecule has 0 radical (unpaired) electrons. The molecule has 1 aromatic carbocycles. The summed E-state index contributed by atoms with van der Waals surface area (Å²) in [6.45, 7) is 4.15. The molecular formula is C13H19NO3. The van der Waals surface area contributed by atoms with E-state index in [1.54, 1.807) is 14.0 Å². The molecular weight excluding hydrogens is 218 g/mol. The van der Waals surface area contributed by atoms with Crippen molar-refractivity contribution >= 4 is 11.6 Å². The van der Waals surface area contributed by atoms with E-state index >= 15 is 0 Å². The van der Waals surface area contributed by atoms with Crippen LogP contribution in [0.15, 0.2) is 24.3 Å². The van der Waals surface area contributed by atoms with Crippen LogP contribution in [0.25, 0.3) is 0 Å². The van der Waals surface area contributed by atoms with Crippen LogP contribution in [0.5, 0.6) is 5.75 Å². The minimum atomic E-state index is -0.618. The van der Waals surface area contributed by atoms with Crippen molar-refractivity contribution in [2.75, 3.05) is 18.6 Å². The second-order valence-corrected chi connectivity index (χ2v) is 3.93. The molecule has 0 fully saturated rings. The number of nitrogens with zero attached hydrogens (tertiary/aromatic N) is 1. The highest BCUT2D eigenvalue weighted by Gasteiger charge is 2.13. The molecule has 0 saturated heterocycles. The van der Waals surface area contributed by atoms with Gasteiger partial charge in [0.2, 0.25) is 5.91 Å². The first-order valence-corrected chi connectivity index (χ1v) is 5.72. The number of ether oxygens (including phenoxy) is 1. The van der Waals surface area contributed by atoms with Crippen LogP contribution in [0.3, 0.4) is 0 Å². The minimum Gasteiger partial charge on any atom is -0.494 e. The first-order valence-electron chi connectivity index (χ1n) is 5.72. The van der Waals surface area contributed by atoms with Gasteiger partial charge in [0.15, 0.2) is 0 Å². The number of carbonyl (C=O) groups excluding carboxylic acids is 1. The second kappa shape index (κ2) is 6.25. The monoisotopic (exact) mass is 237 g/mol. The third kappa shape index (κ3) is 4.07. The lowest BCUT2D eigenvalue weighted by atomic mass is 10.2. The first-order chi connectivity index (χ1) is 8.04. The molecule has 4 heteroatoms. The number of rotatable bonds is 5. The van der Waals surface area contributed by atoms with Crippen molar-refractivity contribution in [1.29, 1.82) is 0 Å². The van der Waals surface area contributed by atoms with Crippen LogP contribution < -0.4 is 9.64 Å². The van der Waals surface area contributed by atoms with Gasteiger partial charge in [0.1, 0.15) is 5.75 Å². The van der Waals surface area contributed by atoms with Crippen LogP contribution in [-0.2, 0) is 4.79 Å². The van der Waals surface area contributed by atoms with Crippen LogP contribution >= 0.6 is 0 Å². The average Bonchev–Trinajstić information content (AvgIpc) is 2.28.